The lowest BCUT2D eigenvalue weighted by Crippen LogP contribution is -2.37. The summed E-state index contributed by atoms with van der Waals surface area (Å²) in [5.74, 6) is 2.27. The Labute approximate surface area is 165 Å². The van der Waals surface area contributed by atoms with E-state index in [4.69, 9.17) is 0 Å². The largest absolute Gasteiger partial charge is 0.370 e. The second-order valence-corrected chi connectivity index (χ2v) is 8.11. The van der Waals surface area contributed by atoms with Gasteiger partial charge in [0.05, 0.1) is 5.56 Å². The van der Waals surface area contributed by atoms with Crippen molar-refractivity contribution in [3.05, 3.63) is 59.9 Å². The summed E-state index contributed by atoms with van der Waals surface area (Å²) in [6.07, 6.45) is 8.49. The molecule has 0 atom stereocenters. The first-order chi connectivity index (χ1) is 13.8. The van der Waals surface area contributed by atoms with E-state index in [1.165, 1.54) is 29.3 Å². The summed E-state index contributed by atoms with van der Waals surface area (Å²) < 4.78 is 0. The summed E-state index contributed by atoms with van der Waals surface area (Å²) in [5.41, 5.74) is 3.26. The number of nitrogens with zero attached hydrogens (tertiary/aromatic N) is 2. The maximum atomic E-state index is 12.9. The number of pyridine rings is 1. The molecule has 28 heavy (non-hydrogen) atoms. The second kappa shape index (κ2) is 7.30. The van der Waals surface area contributed by atoms with Gasteiger partial charge in [-0.15, -0.1) is 0 Å². The molecule has 5 nitrogen and oxygen atoms in total. The van der Waals surface area contributed by atoms with E-state index in [-0.39, 0.29) is 5.91 Å². The van der Waals surface area contributed by atoms with Crippen molar-refractivity contribution in [3.63, 3.8) is 0 Å². The van der Waals surface area contributed by atoms with Gasteiger partial charge in [-0.2, -0.15) is 0 Å². The van der Waals surface area contributed by atoms with Crippen LogP contribution in [0.1, 0.15) is 47.5 Å². The summed E-state index contributed by atoms with van der Waals surface area (Å²) in [5, 5.41) is 4.66. The number of H-pyrrole nitrogens is 1. The lowest BCUT2D eigenvalue weighted by Gasteiger charge is -2.32. The topological polar surface area (TPSA) is 61.0 Å². The third-order valence-electron chi connectivity index (χ3n) is 6.12. The Bertz CT molecular complexity index is 966. The lowest BCUT2D eigenvalue weighted by atomic mass is 9.89. The second-order valence-electron chi connectivity index (χ2n) is 8.11. The Morgan fingerprint density at radius 2 is 1.93 bits per heavy atom. The molecule has 1 saturated carbocycles. The van der Waals surface area contributed by atoms with Crippen molar-refractivity contribution < 1.29 is 4.79 Å². The molecule has 5 heteroatoms. The van der Waals surface area contributed by atoms with E-state index in [0.717, 1.165) is 44.2 Å². The molecule has 1 aromatic carbocycles. The Morgan fingerprint density at radius 1 is 1.11 bits per heavy atom. The maximum absolute atomic E-state index is 12.9. The molecule has 2 fully saturated rings. The smallest absolute Gasteiger partial charge is 0.255 e. The van der Waals surface area contributed by atoms with Crippen LogP contribution in [0.4, 0.5) is 5.82 Å². The number of amides is 1. The first-order valence-corrected chi connectivity index (χ1v) is 10.3. The Hall–Kier alpha value is -2.82. The molecule has 0 unspecified atom stereocenters. The molecule has 5 rings (SSSR count). The number of aromatic amines is 1. The van der Waals surface area contributed by atoms with Gasteiger partial charge in [-0.1, -0.05) is 18.2 Å². The van der Waals surface area contributed by atoms with Crippen LogP contribution in [0.15, 0.2) is 48.8 Å². The predicted octanol–water partition coefficient (Wildman–Crippen LogP) is 4.40. The third kappa shape index (κ3) is 3.49. The number of aromatic nitrogens is 2. The number of fused-ring (bicyclic) bond motifs is 1. The van der Waals surface area contributed by atoms with Crippen LogP contribution in [0, 0.1) is 5.92 Å². The van der Waals surface area contributed by atoms with Crippen LogP contribution < -0.4 is 5.32 Å². The summed E-state index contributed by atoms with van der Waals surface area (Å²) in [6, 6.07) is 12.3. The number of rotatable bonds is 5. The molecule has 144 valence electrons. The highest BCUT2D eigenvalue weighted by molar-refractivity contribution is 5.94. The van der Waals surface area contributed by atoms with Crippen LogP contribution in [0.3, 0.4) is 0 Å². The minimum atomic E-state index is 0.0959. The molecule has 1 amide bonds. The van der Waals surface area contributed by atoms with Crippen LogP contribution >= 0.6 is 0 Å². The molecule has 3 aromatic rings. The van der Waals surface area contributed by atoms with Crippen molar-refractivity contribution in [2.24, 2.45) is 5.92 Å². The molecule has 1 aliphatic heterocycles. The zero-order valence-corrected chi connectivity index (χ0v) is 16.0. The van der Waals surface area contributed by atoms with Crippen LogP contribution in [-0.4, -0.2) is 40.4 Å². The van der Waals surface area contributed by atoms with Crippen molar-refractivity contribution in [2.75, 3.05) is 25.0 Å². The fourth-order valence-electron chi connectivity index (χ4n) is 4.20. The van der Waals surface area contributed by atoms with Gasteiger partial charge in [0, 0.05) is 42.9 Å². The van der Waals surface area contributed by atoms with Crippen LogP contribution in [0.2, 0.25) is 0 Å². The number of carbonyl (C=O) groups excluding carboxylic acids is 1. The Kier molecular flexibility index (Phi) is 4.51. The van der Waals surface area contributed by atoms with Crippen molar-refractivity contribution >= 4 is 22.6 Å². The average molecular weight is 374 g/mol. The van der Waals surface area contributed by atoms with E-state index in [1.54, 1.807) is 6.20 Å². The monoisotopic (exact) mass is 374 g/mol. The van der Waals surface area contributed by atoms with Crippen molar-refractivity contribution in [1.29, 1.82) is 0 Å². The third-order valence-corrected chi connectivity index (χ3v) is 6.12. The number of likely N-dealkylation sites (tertiary alicyclic amines) is 1. The van der Waals surface area contributed by atoms with Gasteiger partial charge in [-0.25, -0.2) is 4.98 Å². The minimum absolute atomic E-state index is 0.0959. The van der Waals surface area contributed by atoms with Gasteiger partial charge in [0.1, 0.15) is 5.82 Å². The number of carbonyl (C=O) groups is 1. The van der Waals surface area contributed by atoms with Crippen molar-refractivity contribution in [2.45, 2.75) is 31.6 Å². The lowest BCUT2D eigenvalue weighted by molar-refractivity contribution is 0.0713. The van der Waals surface area contributed by atoms with Crippen LogP contribution in [-0.2, 0) is 0 Å². The predicted molar refractivity (Wildman–Crippen MR) is 112 cm³/mol. The van der Waals surface area contributed by atoms with E-state index in [0.29, 0.717) is 11.5 Å². The molecule has 0 spiro atoms. The van der Waals surface area contributed by atoms with Crippen LogP contribution in [0.25, 0.3) is 10.9 Å². The van der Waals surface area contributed by atoms with Gasteiger partial charge >= 0.3 is 0 Å². The van der Waals surface area contributed by atoms with Gasteiger partial charge in [-0.3, -0.25) is 4.79 Å². The number of para-hydroxylation sites is 1. The zero-order chi connectivity index (χ0) is 18.9. The standard InChI is InChI=1S/C23H26N4O/c28-23(18-7-8-22(26-14-18)25-13-16-5-6-16)27-11-9-17(10-12-27)20-15-24-21-4-2-1-3-19(20)21/h1-4,7-8,14-17,24H,5-6,9-13H2,(H,25,26). The van der Waals surface area contributed by atoms with E-state index < -0.39 is 0 Å². The van der Waals surface area contributed by atoms with E-state index in [2.05, 4.69) is 45.7 Å². The number of hydrogen-bond acceptors (Lipinski definition) is 3. The van der Waals surface area contributed by atoms with Crippen molar-refractivity contribution in [3.8, 4) is 0 Å². The highest BCUT2D eigenvalue weighted by atomic mass is 16.2. The summed E-state index contributed by atoms with van der Waals surface area (Å²) in [7, 11) is 0. The fourth-order valence-corrected chi connectivity index (χ4v) is 4.20. The Morgan fingerprint density at radius 3 is 2.68 bits per heavy atom. The molecular formula is C23H26N4O. The molecule has 2 aromatic heterocycles. The fraction of sp³-hybridized carbons (Fsp3) is 0.391. The van der Waals surface area contributed by atoms with E-state index in [9.17, 15) is 4.79 Å². The summed E-state index contributed by atoms with van der Waals surface area (Å²) in [6.45, 7) is 2.58. The minimum Gasteiger partial charge on any atom is -0.370 e. The van der Waals surface area contributed by atoms with Gasteiger partial charge in [0.2, 0.25) is 0 Å². The van der Waals surface area contributed by atoms with Crippen molar-refractivity contribution in [1.82, 2.24) is 14.9 Å². The first-order valence-electron chi connectivity index (χ1n) is 10.3. The molecule has 2 N–H and O–H groups in total. The number of piperidine rings is 1. The molecule has 1 aliphatic carbocycles. The van der Waals surface area contributed by atoms with Gasteiger partial charge in [-0.05, 0) is 61.3 Å². The number of benzene rings is 1. The van der Waals surface area contributed by atoms with Crippen LogP contribution in [0.5, 0.6) is 0 Å². The van der Waals surface area contributed by atoms with E-state index >= 15 is 0 Å². The average Bonchev–Trinajstić information content (AvgIpc) is 3.49. The number of anilines is 1. The SMILES string of the molecule is O=C(c1ccc(NCC2CC2)nc1)N1CCC(c2c[nH]c3ccccc23)CC1. The molecule has 2 aliphatic rings. The summed E-state index contributed by atoms with van der Waals surface area (Å²) >= 11 is 0. The highest BCUT2D eigenvalue weighted by Gasteiger charge is 2.26. The highest BCUT2D eigenvalue weighted by Crippen LogP contribution is 2.33. The Balaban J connectivity index is 1.20. The molecule has 0 bridgehead atoms. The number of nitrogens with one attached hydrogen (secondary N) is 2. The van der Waals surface area contributed by atoms with Gasteiger partial charge < -0.3 is 15.2 Å². The zero-order valence-electron chi connectivity index (χ0n) is 16.0. The molecule has 0 radical (unpaired) electrons. The summed E-state index contributed by atoms with van der Waals surface area (Å²) in [4.78, 5) is 22.6. The van der Waals surface area contributed by atoms with E-state index in [1.807, 2.05) is 17.0 Å². The van der Waals surface area contributed by atoms with Gasteiger partial charge in [0.15, 0.2) is 0 Å². The van der Waals surface area contributed by atoms with Gasteiger partial charge in [0.25, 0.3) is 5.91 Å². The number of hydrogen-bond donors (Lipinski definition) is 2. The first kappa shape index (κ1) is 17.3. The molecule has 1 saturated heterocycles. The molecule has 3 heterocycles. The quantitative estimate of drug-likeness (QED) is 0.696. The normalized spacial score (nSPS) is 17.8. The molecular weight excluding hydrogens is 348 g/mol. The maximum Gasteiger partial charge on any atom is 0.255 e.